The molecule has 0 fully saturated rings. The van der Waals surface area contributed by atoms with E-state index in [4.69, 9.17) is 5.73 Å². The number of para-hydroxylation sites is 1. The molecule has 1 aromatic heterocycles. The molecule has 82 valence electrons. The smallest absolute Gasteiger partial charge is 0.261 e. The number of Topliss-reactive ketones (excluding diaryl/α,β-unsaturated/α-hetero) is 1. The maximum absolute atomic E-state index is 11.9. The zero-order chi connectivity index (χ0) is 11.7. The molecule has 2 rings (SSSR count). The van der Waals surface area contributed by atoms with Gasteiger partial charge in [-0.2, -0.15) is 0 Å². The van der Waals surface area contributed by atoms with Crippen molar-refractivity contribution in [3.8, 4) is 0 Å². The van der Waals surface area contributed by atoms with Crippen LogP contribution in [0, 0.1) is 0 Å². The lowest BCUT2D eigenvalue weighted by molar-refractivity contribution is 0.0999. The molecule has 0 saturated heterocycles. The van der Waals surface area contributed by atoms with Crippen LogP contribution in [0.1, 0.15) is 10.4 Å². The first-order chi connectivity index (χ1) is 7.65. The maximum Gasteiger partial charge on any atom is 0.261 e. The monoisotopic (exact) mass is 216 g/mol. The van der Waals surface area contributed by atoms with Gasteiger partial charge >= 0.3 is 0 Å². The second-order valence-corrected chi connectivity index (χ2v) is 3.61. The van der Waals surface area contributed by atoms with Gasteiger partial charge < -0.3 is 10.3 Å². The van der Waals surface area contributed by atoms with Crippen LogP contribution in [0.5, 0.6) is 0 Å². The van der Waals surface area contributed by atoms with Crippen LogP contribution in [0.3, 0.4) is 0 Å². The molecule has 0 aliphatic heterocycles. The number of ketones is 1. The molecule has 0 bridgehead atoms. The number of benzene rings is 1. The summed E-state index contributed by atoms with van der Waals surface area (Å²) in [5.74, 6) is -0.327. The van der Waals surface area contributed by atoms with Gasteiger partial charge in [0.2, 0.25) is 0 Å². The molecule has 4 heteroatoms. The van der Waals surface area contributed by atoms with Crippen LogP contribution in [0.2, 0.25) is 0 Å². The van der Waals surface area contributed by atoms with Gasteiger partial charge in [0.1, 0.15) is 0 Å². The predicted molar refractivity (Wildman–Crippen MR) is 62.6 cm³/mol. The first-order valence-electron chi connectivity index (χ1n) is 4.97. The molecule has 1 aromatic carbocycles. The molecule has 0 radical (unpaired) electrons. The quantitative estimate of drug-likeness (QED) is 0.751. The molecule has 0 amide bonds. The third-order valence-electron chi connectivity index (χ3n) is 2.62. The standard InChI is InChI=1S/C12H12N2O2/c1-14-10-5-3-2-4-8(10)6-9(12(14)16)11(15)7-13/h2-6H,7,13H2,1H3. The number of carbonyl (C=O) groups is 1. The van der Waals surface area contributed by atoms with Gasteiger partial charge in [-0.05, 0) is 17.5 Å². The third-order valence-corrected chi connectivity index (χ3v) is 2.62. The lowest BCUT2D eigenvalue weighted by Gasteiger charge is -2.06. The van der Waals surface area contributed by atoms with E-state index in [0.717, 1.165) is 10.9 Å². The fourth-order valence-corrected chi connectivity index (χ4v) is 1.73. The van der Waals surface area contributed by atoms with Crippen molar-refractivity contribution < 1.29 is 4.79 Å². The van der Waals surface area contributed by atoms with E-state index >= 15 is 0 Å². The van der Waals surface area contributed by atoms with Crippen molar-refractivity contribution >= 4 is 16.7 Å². The van der Waals surface area contributed by atoms with E-state index in [0.29, 0.717) is 0 Å². The number of nitrogens with two attached hydrogens (primary N) is 1. The lowest BCUT2D eigenvalue weighted by Crippen LogP contribution is -2.27. The van der Waals surface area contributed by atoms with Gasteiger partial charge in [0.05, 0.1) is 17.6 Å². The van der Waals surface area contributed by atoms with Crippen molar-refractivity contribution in [2.45, 2.75) is 0 Å². The average molecular weight is 216 g/mol. The van der Waals surface area contributed by atoms with E-state index in [1.165, 1.54) is 4.57 Å². The summed E-state index contributed by atoms with van der Waals surface area (Å²) in [4.78, 5) is 23.4. The van der Waals surface area contributed by atoms with Gasteiger partial charge in [-0.15, -0.1) is 0 Å². The molecule has 0 saturated carbocycles. The van der Waals surface area contributed by atoms with Crippen LogP contribution >= 0.6 is 0 Å². The van der Waals surface area contributed by atoms with Crippen molar-refractivity contribution in [3.63, 3.8) is 0 Å². The SMILES string of the molecule is Cn1c(=O)c(C(=O)CN)cc2ccccc21. The Morgan fingerprint density at radius 2 is 2.06 bits per heavy atom. The number of hydrogen-bond donors (Lipinski definition) is 1. The Balaban J connectivity index is 2.84. The molecule has 4 nitrogen and oxygen atoms in total. The molecular weight excluding hydrogens is 204 g/mol. The summed E-state index contributed by atoms with van der Waals surface area (Å²) in [6, 6.07) is 9.03. The zero-order valence-corrected chi connectivity index (χ0v) is 8.93. The van der Waals surface area contributed by atoms with Gasteiger partial charge in [0, 0.05) is 7.05 Å². The van der Waals surface area contributed by atoms with Gasteiger partial charge in [-0.1, -0.05) is 18.2 Å². The minimum Gasteiger partial charge on any atom is -0.324 e. The van der Waals surface area contributed by atoms with Crippen LogP contribution in [0.15, 0.2) is 35.1 Å². The summed E-state index contributed by atoms with van der Waals surface area (Å²) < 4.78 is 1.47. The molecule has 0 aliphatic carbocycles. The topological polar surface area (TPSA) is 65.1 Å². The minimum absolute atomic E-state index is 0.145. The average Bonchev–Trinajstić information content (AvgIpc) is 2.33. The summed E-state index contributed by atoms with van der Waals surface area (Å²) in [5, 5.41) is 0.862. The first-order valence-corrected chi connectivity index (χ1v) is 4.97. The Morgan fingerprint density at radius 3 is 2.75 bits per heavy atom. The fourth-order valence-electron chi connectivity index (χ4n) is 1.73. The second kappa shape index (κ2) is 3.90. The number of nitrogens with zero attached hydrogens (tertiary/aromatic N) is 1. The highest BCUT2D eigenvalue weighted by atomic mass is 16.1. The van der Waals surface area contributed by atoms with Crippen LogP contribution < -0.4 is 11.3 Å². The third kappa shape index (κ3) is 1.53. The molecule has 1 heterocycles. The molecule has 0 unspecified atom stereocenters. The van der Waals surface area contributed by atoms with Crippen molar-refractivity contribution in [2.24, 2.45) is 12.8 Å². The van der Waals surface area contributed by atoms with E-state index < -0.39 is 0 Å². The molecule has 0 aliphatic rings. The van der Waals surface area contributed by atoms with Crippen molar-refractivity contribution in [1.29, 1.82) is 0 Å². The van der Waals surface area contributed by atoms with Crippen LogP contribution in [0.4, 0.5) is 0 Å². The van der Waals surface area contributed by atoms with Crippen molar-refractivity contribution in [3.05, 3.63) is 46.2 Å². The summed E-state index contributed by atoms with van der Waals surface area (Å²) in [6.45, 7) is -0.145. The number of pyridine rings is 1. The van der Waals surface area contributed by atoms with Crippen molar-refractivity contribution in [1.82, 2.24) is 4.57 Å². The van der Waals surface area contributed by atoms with Crippen molar-refractivity contribution in [2.75, 3.05) is 6.54 Å². The van der Waals surface area contributed by atoms with E-state index in [1.807, 2.05) is 24.3 Å². The van der Waals surface area contributed by atoms with Crippen LogP contribution in [-0.4, -0.2) is 16.9 Å². The molecular formula is C12H12N2O2. The summed E-state index contributed by atoms with van der Waals surface area (Å²) in [6.07, 6.45) is 0. The minimum atomic E-state index is -0.327. The number of aryl methyl sites for hydroxylation is 1. The van der Waals surface area contributed by atoms with Gasteiger partial charge in [-0.25, -0.2) is 0 Å². The Labute approximate surface area is 92.3 Å². The largest absolute Gasteiger partial charge is 0.324 e. The Bertz CT molecular complexity index is 614. The highest BCUT2D eigenvalue weighted by Gasteiger charge is 2.11. The first kappa shape index (κ1) is 10.6. The summed E-state index contributed by atoms with van der Waals surface area (Å²) >= 11 is 0. The Morgan fingerprint density at radius 1 is 1.38 bits per heavy atom. The molecule has 0 spiro atoms. The highest BCUT2D eigenvalue weighted by Crippen LogP contribution is 2.12. The Hall–Kier alpha value is -1.94. The number of rotatable bonds is 2. The zero-order valence-electron chi connectivity index (χ0n) is 8.93. The van der Waals surface area contributed by atoms with Gasteiger partial charge in [0.15, 0.2) is 5.78 Å². The summed E-state index contributed by atoms with van der Waals surface area (Å²) in [7, 11) is 1.65. The Kier molecular flexibility index (Phi) is 2.58. The summed E-state index contributed by atoms with van der Waals surface area (Å²) in [5.41, 5.74) is 5.94. The van der Waals surface area contributed by atoms with E-state index in [-0.39, 0.29) is 23.5 Å². The maximum atomic E-state index is 11.9. The second-order valence-electron chi connectivity index (χ2n) is 3.61. The van der Waals surface area contributed by atoms with Gasteiger partial charge in [-0.3, -0.25) is 9.59 Å². The lowest BCUT2D eigenvalue weighted by atomic mass is 10.1. The predicted octanol–water partition coefficient (Wildman–Crippen LogP) is 0.680. The number of aromatic nitrogens is 1. The molecule has 2 N–H and O–H groups in total. The fraction of sp³-hybridized carbons (Fsp3) is 0.167. The normalized spacial score (nSPS) is 10.6. The van der Waals surface area contributed by atoms with E-state index in [9.17, 15) is 9.59 Å². The number of fused-ring (bicyclic) bond motifs is 1. The molecule has 2 aromatic rings. The van der Waals surface area contributed by atoms with Crippen LogP contribution in [-0.2, 0) is 7.05 Å². The van der Waals surface area contributed by atoms with Crippen LogP contribution in [0.25, 0.3) is 10.9 Å². The molecule has 16 heavy (non-hydrogen) atoms. The highest BCUT2D eigenvalue weighted by molar-refractivity contribution is 5.99. The van der Waals surface area contributed by atoms with E-state index in [2.05, 4.69) is 0 Å². The van der Waals surface area contributed by atoms with Gasteiger partial charge in [0.25, 0.3) is 5.56 Å². The molecule has 0 atom stereocenters. The number of carbonyl (C=O) groups excluding carboxylic acids is 1. The van der Waals surface area contributed by atoms with E-state index in [1.54, 1.807) is 13.1 Å². The number of hydrogen-bond acceptors (Lipinski definition) is 3.